The second kappa shape index (κ2) is 9.31. The topological polar surface area (TPSA) is 64.7 Å². The molecule has 1 aromatic carbocycles. The minimum absolute atomic E-state index is 0.209. The van der Waals surface area contributed by atoms with Crippen molar-refractivity contribution < 1.29 is 14.6 Å². The Morgan fingerprint density at radius 1 is 1.37 bits per heavy atom. The van der Waals surface area contributed by atoms with Crippen LogP contribution in [0.3, 0.4) is 0 Å². The predicted molar refractivity (Wildman–Crippen MR) is 79.3 cm³/mol. The molecule has 0 saturated heterocycles. The lowest BCUT2D eigenvalue weighted by Gasteiger charge is -2.15. The second-order valence-electron chi connectivity index (χ2n) is 4.35. The highest BCUT2D eigenvalue weighted by molar-refractivity contribution is 9.10. The van der Waals surface area contributed by atoms with Gasteiger partial charge < -0.3 is 20.3 Å². The van der Waals surface area contributed by atoms with E-state index in [1.54, 1.807) is 0 Å². The smallest absolute Gasteiger partial charge is 0.123 e. The molecule has 108 valence electrons. The highest BCUT2D eigenvalue weighted by Gasteiger charge is 2.08. The number of ether oxygens (including phenoxy) is 2. The summed E-state index contributed by atoms with van der Waals surface area (Å²) in [5.41, 5.74) is 6.56. The van der Waals surface area contributed by atoms with E-state index in [9.17, 15) is 5.11 Å². The number of unbranched alkanes of at least 4 members (excludes halogenated alkanes) is 1. The summed E-state index contributed by atoms with van der Waals surface area (Å²) in [5, 5.41) is 9.74. The van der Waals surface area contributed by atoms with Gasteiger partial charge in [0, 0.05) is 23.2 Å². The quantitative estimate of drug-likeness (QED) is 0.682. The SMILES string of the molecule is CCCCOCC(O)COc1ccc(Br)cc1CN. The number of benzene rings is 1. The van der Waals surface area contributed by atoms with Crippen LogP contribution in [0.5, 0.6) is 5.75 Å². The van der Waals surface area contributed by atoms with Crippen molar-refractivity contribution >= 4 is 15.9 Å². The number of aliphatic hydroxyl groups is 1. The van der Waals surface area contributed by atoms with E-state index < -0.39 is 6.10 Å². The maximum Gasteiger partial charge on any atom is 0.123 e. The van der Waals surface area contributed by atoms with E-state index in [0.717, 1.165) is 22.9 Å². The normalized spacial score (nSPS) is 12.4. The van der Waals surface area contributed by atoms with Gasteiger partial charge in [0.2, 0.25) is 0 Å². The highest BCUT2D eigenvalue weighted by Crippen LogP contribution is 2.22. The Hall–Kier alpha value is -0.620. The molecule has 4 nitrogen and oxygen atoms in total. The third-order valence-corrected chi connectivity index (χ3v) is 3.12. The van der Waals surface area contributed by atoms with Gasteiger partial charge in [-0.15, -0.1) is 0 Å². The van der Waals surface area contributed by atoms with Crippen LogP contribution in [0, 0.1) is 0 Å². The Morgan fingerprint density at radius 2 is 2.16 bits per heavy atom. The van der Waals surface area contributed by atoms with Gasteiger partial charge in [0.25, 0.3) is 0 Å². The molecule has 0 aliphatic carbocycles. The van der Waals surface area contributed by atoms with Crippen LogP contribution in [-0.2, 0) is 11.3 Å². The molecule has 0 radical (unpaired) electrons. The zero-order valence-electron chi connectivity index (χ0n) is 11.3. The van der Waals surface area contributed by atoms with E-state index >= 15 is 0 Å². The van der Waals surface area contributed by atoms with Gasteiger partial charge in [0.05, 0.1) is 6.61 Å². The highest BCUT2D eigenvalue weighted by atomic mass is 79.9. The first-order chi connectivity index (χ1) is 9.17. The summed E-state index contributed by atoms with van der Waals surface area (Å²) in [6.45, 7) is 3.69. The summed E-state index contributed by atoms with van der Waals surface area (Å²) in [7, 11) is 0. The third-order valence-electron chi connectivity index (χ3n) is 2.63. The van der Waals surface area contributed by atoms with E-state index in [0.29, 0.717) is 25.5 Å². The lowest BCUT2D eigenvalue weighted by Crippen LogP contribution is -2.24. The van der Waals surface area contributed by atoms with Gasteiger partial charge in [-0.25, -0.2) is 0 Å². The van der Waals surface area contributed by atoms with Gasteiger partial charge in [-0.3, -0.25) is 0 Å². The molecule has 0 aliphatic rings. The average molecular weight is 332 g/mol. The van der Waals surface area contributed by atoms with Crippen LogP contribution in [-0.4, -0.2) is 31.0 Å². The third kappa shape index (κ3) is 6.38. The molecule has 0 fully saturated rings. The average Bonchev–Trinajstić information content (AvgIpc) is 2.42. The number of rotatable bonds is 9. The maximum atomic E-state index is 9.74. The molecular weight excluding hydrogens is 310 g/mol. The lowest BCUT2D eigenvalue weighted by molar-refractivity contribution is 0.0111. The first-order valence-corrected chi connectivity index (χ1v) is 7.33. The number of hydrogen-bond donors (Lipinski definition) is 2. The molecule has 0 saturated carbocycles. The van der Waals surface area contributed by atoms with Crippen molar-refractivity contribution in [3.63, 3.8) is 0 Å². The zero-order valence-corrected chi connectivity index (χ0v) is 12.9. The first-order valence-electron chi connectivity index (χ1n) is 6.54. The number of nitrogens with two attached hydrogens (primary N) is 1. The van der Waals surface area contributed by atoms with Crippen LogP contribution in [0.25, 0.3) is 0 Å². The van der Waals surface area contributed by atoms with E-state index in [1.807, 2.05) is 18.2 Å². The summed E-state index contributed by atoms with van der Waals surface area (Å²) in [5.74, 6) is 0.707. The van der Waals surface area contributed by atoms with Gasteiger partial charge in [-0.2, -0.15) is 0 Å². The molecule has 1 unspecified atom stereocenters. The Kier molecular flexibility index (Phi) is 8.05. The van der Waals surface area contributed by atoms with Crippen LogP contribution in [0.2, 0.25) is 0 Å². The molecule has 1 atom stereocenters. The molecule has 0 heterocycles. The Balaban J connectivity index is 2.35. The standard InChI is InChI=1S/C14H22BrNO3/c1-2-3-6-18-9-13(17)10-19-14-5-4-12(15)7-11(14)8-16/h4-5,7,13,17H,2-3,6,8-10,16H2,1H3. The molecule has 3 N–H and O–H groups in total. The van der Waals surface area contributed by atoms with Crippen LogP contribution in [0.1, 0.15) is 25.3 Å². The van der Waals surface area contributed by atoms with E-state index in [-0.39, 0.29) is 6.61 Å². The van der Waals surface area contributed by atoms with Crippen molar-refractivity contribution in [2.45, 2.75) is 32.4 Å². The molecule has 1 rings (SSSR count). The summed E-state index contributed by atoms with van der Waals surface area (Å²) in [6.07, 6.45) is 1.48. The summed E-state index contributed by atoms with van der Waals surface area (Å²) in [6, 6.07) is 5.65. The fourth-order valence-corrected chi connectivity index (χ4v) is 1.96. The van der Waals surface area contributed by atoms with Crippen LogP contribution in [0.15, 0.2) is 22.7 Å². The largest absolute Gasteiger partial charge is 0.490 e. The van der Waals surface area contributed by atoms with E-state index in [2.05, 4.69) is 22.9 Å². The van der Waals surface area contributed by atoms with Crippen LogP contribution >= 0.6 is 15.9 Å². The zero-order chi connectivity index (χ0) is 14.1. The summed E-state index contributed by atoms with van der Waals surface area (Å²) < 4.78 is 11.9. The molecule has 0 amide bonds. The van der Waals surface area contributed by atoms with Gasteiger partial charge in [-0.05, 0) is 24.6 Å². The van der Waals surface area contributed by atoms with Crippen molar-refractivity contribution in [2.75, 3.05) is 19.8 Å². The van der Waals surface area contributed by atoms with Gasteiger partial charge >= 0.3 is 0 Å². The number of hydrogen-bond acceptors (Lipinski definition) is 4. The minimum Gasteiger partial charge on any atom is -0.490 e. The Morgan fingerprint density at radius 3 is 2.84 bits per heavy atom. The van der Waals surface area contributed by atoms with E-state index in [1.165, 1.54) is 0 Å². The Bertz CT molecular complexity index is 374. The monoisotopic (exact) mass is 331 g/mol. The van der Waals surface area contributed by atoms with E-state index in [4.69, 9.17) is 15.2 Å². The van der Waals surface area contributed by atoms with Crippen molar-refractivity contribution in [1.29, 1.82) is 0 Å². The summed E-state index contributed by atoms with van der Waals surface area (Å²) >= 11 is 3.39. The first kappa shape index (κ1) is 16.4. The molecule has 0 spiro atoms. The molecule has 0 bridgehead atoms. The molecule has 0 aromatic heterocycles. The Labute approximate surface area is 123 Å². The lowest BCUT2D eigenvalue weighted by atomic mass is 10.2. The van der Waals surface area contributed by atoms with Crippen LogP contribution < -0.4 is 10.5 Å². The predicted octanol–water partition coefficient (Wildman–Crippen LogP) is 2.46. The maximum absolute atomic E-state index is 9.74. The van der Waals surface area contributed by atoms with Gasteiger partial charge in [0.15, 0.2) is 0 Å². The molecule has 5 heteroatoms. The summed E-state index contributed by atoms with van der Waals surface area (Å²) in [4.78, 5) is 0. The molecule has 0 aliphatic heterocycles. The fourth-order valence-electron chi connectivity index (χ4n) is 1.55. The molecule has 1 aromatic rings. The minimum atomic E-state index is -0.619. The van der Waals surface area contributed by atoms with Crippen LogP contribution in [0.4, 0.5) is 0 Å². The van der Waals surface area contributed by atoms with Gasteiger partial charge in [-0.1, -0.05) is 29.3 Å². The molecule has 19 heavy (non-hydrogen) atoms. The van der Waals surface area contributed by atoms with Gasteiger partial charge in [0.1, 0.15) is 18.5 Å². The number of aliphatic hydroxyl groups excluding tert-OH is 1. The van der Waals surface area contributed by atoms with Crippen molar-refractivity contribution in [3.8, 4) is 5.75 Å². The second-order valence-corrected chi connectivity index (χ2v) is 5.27. The molecular formula is C14H22BrNO3. The van der Waals surface area contributed by atoms with Crippen molar-refractivity contribution in [3.05, 3.63) is 28.2 Å². The fraction of sp³-hybridized carbons (Fsp3) is 0.571. The number of halogens is 1. The van der Waals surface area contributed by atoms with Crippen molar-refractivity contribution in [2.24, 2.45) is 5.73 Å². The van der Waals surface area contributed by atoms with Crippen molar-refractivity contribution in [1.82, 2.24) is 0 Å².